The summed E-state index contributed by atoms with van der Waals surface area (Å²) in [5.74, 6) is -1.19. The van der Waals surface area contributed by atoms with Gasteiger partial charge in [0.1, 0.15) is 17.6 Å². The van der Waals surface area contributed by atoms with E-state index in [1.165, 1.54) is 37.6 Å². The second kappa shape index (κ2) is 10.3. The fourth-order valence-corrected chi connectivity index (χ4v) is 4.57. The van der Waals surface area contributed by atoms with Gasteiger partial charge in [0, 0.05) is 31.9 Å². The Hall–Kier alpha value is -4.79. The van der Waals surface area contributed by atoms with Gasteiger partial charge in [0.15, 0.2) is 0 Å². The molecular formula is C26H23F3N6O3. The van der Waals surface area contributed by atoms with Crippen LogP contribution in [-0.2, 0) is 11.8 Å². The Balaban J connectivity index is 1.93. The number of alkyl halides is 3. The third kappa shape index (κ3) is 4.43. The molecule has 2 amide bonds. The number of aryl methyl sites for hydroxylation is 1. The number of amides is 2. The van der Waals surface area contributed by atoms with Gasteiger partial charge in [0.2, 0.25) is 12.2 Å². The molecule has 1 aliphatic rings. The molecule has 0 bridgehead atoms. The number of halogens is 3. The molecule has 2 aromatic heterocycles. The van der Waals surface area contributed by atoms with Gasteiger partial charge in [0.05, 0.1) is 34.8 Å². The highest BCUT2D eigenvalue weighted by Crippen LogP contribution is 2.43. The Kier molecular flexibility index (Phi) is 7.12. The fourth-order valence-electron chi connectivity index (χ4n) is 4.57. The van der Waals surface area contributed by atoms with Gasteiger partial charge in [-0.3, -0.25) is 9.59 Å². The van der Waals surface area contributed by atoms with Crippen molar-refractivity contribution in [3.8, 4) is 22.9 Å². The minimum Gasteiger partial charge on any atom is -0.496 e. The Labute approximate surface area is 215 Å². The zero-order valence-electron chi connectivity index (χ0n) is 20.5. The summed E-state index contributed by atoms with van der Waals surface area (Å²) in [7, 11) is 3.03. The molecule has 1 atom stereocenters. The van der Waals surface area contributed by atoms with Crippen LogP contribution in [0.4, 0.5) is 19.0 Å². The lowest BCUT2D eigenvalue weighted by Crippen LogP contribution is -2.36. The van der Waals surface area contributed by atoms with E-state index in [0.717, 1.165) is 5.57 Å². The van der Waals surface area contributed by atoms with Crippen molar-refractivity contribution >= 4 is 34.1 Å². The van der Waals surface area contributed by atoms with Gasteiger partial charge in [-0.05, 0) is 29.3 Å². The number of fused-ring (bicyclic) bond motifs is 1. The molecule has 1 aliphatic heterocycles. The number of nitriles is 1. The normalized spacial score (nSPS) is 13.8. The van der Waals surface area contributed by atoms with Crippen molar-refractivity contribution in [3.63, 3.8) is 0 Å². The number of rotatable bonds is 7. The predicted molar refractivity (Wildman–Crippen MR) is 135 cm³/mol. The Morgan fingerprint density at radius 2 is 2.08 bits per heavy atom. The molecule has 3 heterocycles. The van der Waals surface area contributed by atoms with Gasteiger partial charge < -0.3 is 25.3 Å². The molecule has 0 saturated heterocycles. The first kappa shape index (κ1) is 26.3. The number of hydrogen-bond acceptors (Lipinski definition) is 6. The van der Waals surface area contributed by atoms with E-state index in [9.17, 15) is 28.0 Å². The number of aromatic nitrogens is 2. The van der Waals surface area contributed by atoms with Crippen molar-refractivity contribution in [3.05, 3.63) is 59.9 Å². The quantitative estimate of drug-likeness (QED) is 0.360. The third-order valence-electron chi connectivity index (χ3n) is 6.29. The number of benzene rings is 1. The maximum atomic E-state index is 13.5. The summed E-state index contributed by atoms with van der Waals surface area (Å²) in [4.78, 5) is 30.4. The molecule has 0 fully saturated rings. The number of anilines is 1. The number of carbonyl (C=O) groups is 2. The van der Waals surface area contributed by atoms with Gasteiger partial charge in [-0.15, -0.1) is 0 Å². The highest BCUT2D eigenvalue weighted by molar-refractivity contribution is 6.10. The number of nitrogen functional groups attached to an aromatic ring is 1. The average molecular weight is 525 g/mol. The van der Waals surface area contributed by atoms with Crippen LogP contribution >= 0.6 is 0 Å². The number of nitrogens with two attached hydrogens (primary N) is 1. The Morgan fingerprint density at radius 3 is 2.71 bits per heavy atom. The summed E-state index contributed by atoms with van der Waals surface area (Å²) in [5, 5.41) is 11.8. The van der Waals surface area contributed by atoms with Crippen LogP contribution in [0.15, 0.2) is 43.1 Å². The standard InChI is InChI=1S/C26H23F3N6O3/c1-4-18(36)35-8-7-14(12-35)21-19(20-22(34(21)2)15(10-30)11-32-25(20)31)13-5-6-16(17(9-13)38-3)26(37)33-24(29)23(27)28/h4-7,9,11,23-24H,1,8,12H2,2-3H3,(H2,31,32)(H,33,37). The van der Waals surface area contributed by atoms with Crippen molar-refractivity contribution in [2.24, 2.45) is 7.05 Å². The van der Waals surface area contributed by atoms with Crippen LogP contribution in [0.5, 0.6) is 5.75 Å². The molecule has 9 nitrogen and oxygen atoms in total. The third-order valence-corrected chi connectivity index (χ3v) is 6.29. The summed E-state index contributed by atoms with van der Waals surface area (Å²) in [6.07, 6.45) is -1.77. The molecule has 4 rings (SSSR count). The zero-order chi connectivity index (χ0) is 27.7. The van der Waals surface area contributed by atoms with Gasteiger partial charge >= 0.3 is 0 Å². The van der Waals surface area contributed by atoms with Crippen LogP contribution < -0.4 is 15.8 Å². The van der Waals surface area contributed by atoms with E-state index in [1.54, 1.807) is 21.8 Å². The molecule has 0 radical (unpaired) electrons. The average Bonchev–Trinajstić information content (AvgIpc) is 3.51. The molecule has 0 spiro atoms. The SMILES string of the molecule is C=CC(=O)N1CC=C(c2c(-c3ccc(C(=O)NC(F)C(F)F)c(OC)c3)c3c(N)ncc(C#N)c3n2C)C1. The maximum Gasteiger partial charge on any atom is 0.287 e. The van der Waals surface area contributed by atoms with Crippen LogP contribution in [0.25, 0.3) is 27.6 Å². The monoisotopic (exact) mass is 524 g/mol. The minimum absolute atomic E-state index is 0.00347. The summed E-state index contributed by atoms with van der Waals surface area (Å²) >= 11 is 0. The first-order chi connectivity index (χ1) is 18.1. The van der Waals surface area contributed by atoms with Crippen molar-refractivity contribution in [2.75, 3.05) is 25.9 Å². The van der Waals surface area contributed by atoms with Gasteiger partial charge in [-0.25, -0.2) is 18.2 Å². The highest BCUT2D eigenvalue weighted by atomic mass is 19.3. The molecule has 1 aromatic carbocycles. The molecule has 12 heteroatoms. The van der Waals surface area contributed by atoms with E-state index in [1.807, 2.05) is 6.08 Å². The van der Waals surface area contributed by atoms with Crippen molar-refractivity contribution < 1.29 is 27.5 Å². The lowest BCUT2D eigenvalue weighted by Gasteiger charge is -2.16. The molecule has 196 valence electrons. The van der Waals surface area contributed by atoms with Crippen LogP contribution in [0, 0.1) is 11.3 Å². The number of methoxy groups -OCH3 is 1. The zero-order valence-corrected chi connectivity index (χ0v) is 20.5. The predicted octanol–water partition coefficient (Wildman–Crippen LogP) is 3.40. The van der Waals surface area contributed by atoms with E-state index in [0.29, 0.717) is 34.3 Å². The minimum atomic E-state index is -3.39. The van der Waals surface area contributed by atoms with Gasteiger partial charge in [-0.1, -0.05) is 18.7 Å². The lowest BCUT2D eigenvalue weighted by molar-refractivity contribution is -0.124. The van der Waals surface area contributed by atoms with Crippen LogP contribution in [-0.4, -0.2) is 59.2 Å². The first-order valence-electron chi connectivity index (χ1n) is 11.3. The topological polar surface area (TPSA) is 126 Å². The van der Waals surface area contributed by atoms with E-state index >= 15 is 0 Å². The second-order valence-corrected chi connectivity index (χ2v) is 8.45. The van der Waals surface area contributed by atoms with E-state index in [2.05, 4.69) is 17.6 Å². The largest absolute Gasteiger partial charge is 0.496 e. The molecule has 3 N–H and O–H groups in total. The number of nitrogens with zero attached hydrogens (tertiary/aromatic N) is 4. The fraction of sp³-hybridized carbons (Fsp3) is 0.231. The van der Waals surface area contributed by atoms with Crippen LogP contribution in [0.3, 0.4) is 0 Å². The summed E-state index contributed by atoms with van der Waals surface area (Å²) in [6, 6.07) is 6.46. The maximum absolute atomic E-state index is 13.5. The summed E-state index contributed by atoms with van der Waals surface area (Å²) in [6.45, 7) is 4.14. The number of carbonyl (C=O) groups excluding carboxylic acids is 2. The van der Waals surface area contributed by atoms with Gasteiger partial charge in [-0.2, -0.15) is 5.26 Å². The number of ether oxygens (including phenoxy) is 1. The van der Waals surface area contributed by atoms with Crippen molar-refractivity contribution in [1.82, 2.24) is 19.8 Å². The van der Waals surface area contributed by atoms with E-state index in [-0.39, 0.29) is 35.1 Å². The number of pyridine rings is 1. The number of nitrogens with one attached hydrogen (secondary N) is 1. The lowest BCUT2D eigenvalue weighted by atomic mass is 9.96. The Morgan fingerprint density at radius 1 is 1.34 bits per heavy atom. The van der Waals surface area contributed by atoms with Crippen molar-refractivity contribution in [2.45, 2.75) is 12.7 Å². The number of hydrogen-bond donors (Lipinski definition) is 2. The summed E-state index contributed by atoms with van der Waals surface area (Å²) < 4.78 is 45.8. The van der Waals surface area contributed by atoms with Gasteiger partial charge in [0.25, 0.3) is 12.3 Å². The molecular weight excluding hydrogens is 501 g/mol. The van der Waals surface area contributed by atoms with Crippen LogP contribution in [0.1, 0.15) is 21.6 Å². The second-order valence-electron chi connectivity index (χ2n) is 8.45. The first-order valence-corrected chi connectivity index (χ1v) is 11.3. The molecule has 38 heavy (non-hydrogen) atoms. The van der Waals surface area contributed by atoms with Crippen LogP contribution in [0.2, 0.25) is 0 Å². The summed E-state index contributed by atoms with van der Waals surface area (Å²) in [5.41, 5.74) is 9.40. The molecule has 0 saturated carbocycles. The molecule has 0 aliphatic carbocycles. The Bertz CT molecular complexity index is 1540. The highest BCUT2D eigenvalue weighted by Gasteiger charge is 2.29. The van der Waals surface area contributed by atoms with Crippen molar-refractivity contribution in [1.29, 1.82) is 5.26 Å². The molecule has 3 aromatic rings. The smallest absolute Gasteiger partial charge is 0.287 e. The molecule has 1 unspecified atom stereocenters. The van der Waals surface area contributed by atoms with E-state index in [4.69, 9.17) is 10.5 Å². The van der Waals surface area contributed by atoms with E-state index < -0.39 is 18.6 Å².